The minimum Gasteiger partial charge on any atom is -0.414 e. The number of nitrogens with one attached hydrogen (secondary N) is 2. The van der Waals surface area contributed by atoms with Crippen molar-refractivity contribution >= 4 is 45.5 Å². The number of nitrogen functional groups attached to an aromatic ring is 1. The van der Waals surface area contributed by atoms with Crippen LogP contribution >= 0.6 is 0 Å². The summed E-state index contributed by atoms with van der Waals surface area (Å²) in [7, 11) is -4.17. The number of carbonyl (C=O) groups excluding carboxylic acids is 1. The summed E-state index contributed by atoms with van der Waals surface area (Å²) in [5.41, 5.74) is 7.06. The van der Waals surface area contributed by atoms with E-state index in [9.17, 15) is 18.0 Å². The number of fused-ring (bicyclic) bond motifs is 1. The van der Waals surface area contributed by atoms with Crippen LogP contribution in [0.25, 0.3) is 11.2 Å². The summed E-state index contributed by atoms with van der Waals surface area (Å²) in [6.07, 6.45) is -2.70. The van der Waals surface area contributed by atoms with E-state index in [1.165, 1.54) is 0 Å². The third kappa shape index (κ3) is 8.70. The van der Waals surface area contributed by atoms with Crippen LogP contribution in [0.2, 0.25) is 36.3 Å². The monoisotopic (exact) mass is 661 g/mol. The van der Waals surface area contributed by atoms with Crippen molar-refractivity contribution in [2.75, 3.05) is 30.7 Å². The summed E-state index contributed by atoms with van der Waals surface area (Å²) in [6.45, 7) is 22.9. The van der Waals surface area contributed by atoms with Crippen LogP contribution in [0.3, 0.4) is 0 Å². The Morgan fingerprint density at radius 1 is 1.05 bits per heavy atom. The van der Waals surface area contributed by atoms with Gasteiger partial charge in [-0.3, -0.25) is 9.36 Å². The molecule has 0 aliphatic carbocycles. The Morgan fingerprint density at radius 3 is 2.25 bits per heavy atom. The molecule has 0 unspecified atom stereocenters. The first-order valence-electron chi connectivity index (χ1n) is 15.1. The number of alkyl halides is 3. The smallest absolute Gasteiger partial charge is 0.414 e. The van der Waals surface area contributed by atoms with Gasteiger partial charge in [-0.2, -0.15) is 23.1 Å². The highest BCUT2D eigenvalue weighted by atomic mass is 28.4. The topological polar surface area (TPSA) is 138 Å². The largest absolute Gasteiger partial charge is 0.471 e. The molecule has 250 valence electrons. The Kier molecular flexibility index (Phi) is 10.9. The summed E-state index contributed by atoms with van der Waals surface area (Å²) in [4.78, 5) is 24.3. The van der Waals surface area contributed by atoms with E-state index in [0.717, 1.165) is 0 Å². The van der Waals surface area contributed by atoms with Crippen molar-refractivity contribution in [2.24, 2.45) is 0 Å². The van der Waals surface area contributed by atoms with Crippen LogP contribution in [0.1, 0.15) is 67.0 Å². The van der Waals surface area contributed by atoms with Gasteiger partial charge >= 0.3 is 12.1 Å². The maximum Gasteiger partial charge on any atom is 0.471 e. The molecule has 3 rings (SSSR count). The van der Waals surface area contributed by atoms with Crippen LogP contribution < -0.4 is 16.4 Å². The van der Waals surface area contributed by atoms with Gasteiger partial charge in [-0.1, -0.05) is 41.5 Å². The lowest BCUT2D eigenvalue weighted by Gasteiger charge is -2.40. The van der Waals surface area contributed by atoms with Crippen molar-refractivity contribution in [3.63, 3.8) is 0 Å². The molecule has 1 amide bonds. The molecule has 2 aromatic rings. The zero-order valence-corrected chi connectivity index (χ0v) is 29.7. The standard InChI is InChI=1S/C28H50F3N7O4Si2/c1-26(2,3)43(7,8)40-16-19-18(42-44(9,10)27(4,5)6)15-20(41-19)38-17-35-21-22(36-25(32)37-23(21)38)33-13-11-12-14-34-24(39)28(29,30)31/h17-20H,11-16H2,1-10H3,(H,34,39)(H3,32,33,36,37)/t18-,19+,20+/m0/s1. The zero-order chi connectivity index (χ0) is 33.3. The second-order valence-corrected chi connectivity index (χ2v) is 24.1. The van der Waals surface area contributed by atoms with E-state index in [2.05, 4.69) is 88.0 Å². The predicted molar refractivity (Wildman–Crippen MR) is 170 cm³/mol. The van der Waals surface area contributed by atoms with E-state index >= 15 is 0 Å². The van der Waals surface area contributed by atoms with E-state index in [1.54, 1.807) is 6.33 Å². The summed E-state index contributed by atoms with van der Waals surface area (Å²) in [5.74, 6) is -1.49. The van der Waals surface area contributed by atoms with Crippen molar-refractivity contribution < 1.29 is 31.6 Å². The number of rotatable bonds is 12. The highest BCUT2D eigenvalue weighted by Gasteiger charge is 2.47. The van der Waals surface area contributed by atoms with Crippen LogP contribution in [-0.2, 0) is 18.4 Å². The third-order valence-corrected chi connectivity index (χ3v) is 18.0. The summed E-state index contributed by atoms with van der Waals surface area (Å²) < 4.78 is 59.0. The average molecular weight is 662 g/mol. The molecule has 0 bridgehead atoms. The fourth-order valence-corrected chi connectivity index (χ4v) is 6.61. The molecule has 3 heterocycles. The number of carbonyl (C=O) groups is 1. The molecule has 4 N–H and O–H groups in total. The number of nitrogens with zero attached hydrogens (tertiary/aromatic N) is 4. The van der Waals surface area contributed by atoms with Crippen molar-refractivity contribution in [3.8, 4) is 0 Å². The van der Waals surface area contributed by atoms with Crippen molar-refractivity contribution in [3.05, 3.63) is 6.33 Å². The van der Waals surface area contributed by atoms with E-state index in [1.807, 2.05) is 9.88 Å². The van der Waals surface area contributed by atoms with Gasteiger partial charge in [-0.25, -0.2) is 4.98 Å². The first-order chi connectivity index (χ1) is 20.0. The molecular weight excluding hydrogens is 612 g/mol. The molecule has 1 aliphatic heterocycles. The molecule has 0 saturated carbocycles. The highest BCUT2D eigenvalue weighted by Crippen LogP contribution is 2.43. The number of aromatic nitrogens is 4. The fourth-order valence-electron chi connectivity index (χ4n) is 4.23. The summed E-state index contributed by atoms with van der Waals surface area (Å²) >= 11 is 0. The van der Waals surface area contributed by atoms with Gasteiger partial charge in [0.1, 0.15) is 12.3 Å². The van der Waals surface area contributed by atoms with Crippen molar-refractivity contribution in [1.82, 2.24) is 24.8 Å². The highest BCUT2D eigenvalue weighted by molar-refractivity contribution is 6.74. The Morgan fingerprint density at radius 2 is 1.66 bits per heavy atom. The van der Waals surface area contributed by atoms with E-state index < -0.39 is 34.9 Å². The molecule has 1 saturated heterocycles. The lowest BCUT2D eigenvalue weighted by Crippen LogP contribution is -2.48. The van der Waals surface area contributed by atoms with E-state index in [4.69, 9.17) is 19.3 Å². The van der Waals surface area contributed by atoms with Gasteiger partial charge in [0.15, 0.2) is 33.6 Å². The van der Waals surface area contributed by atoms with Gasteiger partial charge in [0.05, 0.1) is 19.0 Å². The second kappa shape index (κ2) is 13.2. The first kappa shape index (κ1) is 36.2. The first-order valence-corrected chi connectivity index (χ1v) is 20.9. The molecule has 16 heteroatoms. The number of unbranched alkanes of at least 4 members (excludes halogenated alkanes) is 1. The second-order valence-electron chi connectivity index (χ2n) is 14.5. The van der Waals surface area contributed by atoms with Crippen LogP contribution in [-0.4, -0.2) is 80.1 Å². The average Bonchev–Trinajstić information content (AvgIpc) is 3.46. The predicted octanol–water partition coefficient (Wildman–Crippen LogP) is 5.98. The molecule has 0 radical (unpaired) electrons. The SMILES string of the molecule is CC(C)(C)[Si](C)(C)OC[C@H]1O[C@@H](n2cnc3c(NCCCCNC(=O)C(F)(F)F)nc(N)nc32)C[C@@H]1O[Si](C)(C)C(C)(C)C. The minimum atomic E-state index is -4.89. The maximum atomic E-state index is 12.4. The number of hydrogen-bond acceptors (Lipinski definition) is 9. The summed E-state index contributed by atoms with van der Waals surface area (Å²) in [5, 5.41) is 5.09. The van der Waals surface area contributed by atoms with E-state index in [0.29, 0.717) is 49.4 Å². The number of halogens is 3. The fraction of sp³-hybridized carbons (Fsp3) is 0.786. The van der Waals surface area contributed by atoms with Gasteiger partial charge in [0.25, 0.3) is 0 Å². The Labute approximate surface area is 260 Å². The molecule has 0 spiro atoms. The Balaban J connectivity index is 1.76. The number of amides is 1. The van der Waals surface area contributed by atoms with E-state index in [-0.39, 0.29) is 34.8 Å². The van der Waals surface area contributed by atoms with Crippen LogP contribution in [0.15, 0.2) is 6.33 Å². The molecule has 1 fully saturated rings. The minimum absolute atomic E-state index is 0.0177. The molecule has 0 aromatic carbocycles. The Hall–Kier alpha value is -2.28. The van der Waals surface area contributed by atoms with Crippen molar-refractivity contribution in [2.45, 2.75) is 122 Å². The molecule has 11 nitrogen and oxygen atoms in total. The van der Waals surface area contributed by atoms with Gasteiger partial charge < -0.3 is 30.0 Å². The lowest BCUT2D eigenvalue weighted by atomic mass is 10.2. The van der Waals surface area contributed by atoms with Gasteiger partial charge in [-0.05, 0) is 49.1 Å². The number of imidazole rings is 1. The van der Waals surface area contributed by atoms with Gasteiger partial charge in [0, 0.05) is 19.5 Å². The molecule has 2 aromatic heterocycles. The maximum absolute atomic E-state index is 12.4. The number of nitrogens with two attached hydrogens (primary N) is 1. The van der Waals surface area contributed by atoms with Crippen LogP contribution in [0.4, 0.5) is 24.9 Å². The van der Waals surface area contributed by atoms with Crippen LogP contribution in [0, 0.1) is 0 Å². The molecule has 44 heavy (non-hydrogen) atoms. The molecule has 3 atom stereocenters. The lowest BCUT2D eigenvalue weighted by molar-refractivity contribution is -0.173. The van der Waals surface area contributed by atoms with Crippen LogP contribution in [0.5, 0.6) is 0 Å². The number of hydrogen-bond donors (Lipinski definition) is 3. The molecular formula is C28H50F3N7O4Si2. The third-order valence-electron chi connectivity index (χ3n) is 9.04. The number of ether oxygens (including phenoxy) is 1. The summed E-state index contributed by atoms with van der Waals surface area (Å²) in [6, 6.07) is 0. The molecule has 1 aliphatic rings. The number of anilines is 2. The zero-order valence-electron chi connectivity index (χ0n) is 27.7. The normalized spacial score (nSPS) is 20.3. The quantitative estimate of drug-likeness (QED) is 0.185. The Bertz CT molecular complexity index is 1290. The van der Waals surface area contributed by atoms with Gasteiger partial charge in [-0.15, -0.1) is 0 Å². The van der Waals surface area contributed by atoms with Crippen molar-refractivity contribution in [1.29, 1.82) is 0 Å². The van der Waals surface area contributed by atoms with Gasteiger partial charge in [0.2, 0.25) is 5.95 Å².